The molecule has 1 atom stereocenters. The maximum Gasteiger partial charge on any atom is 0.423 e. The van der Waals surface area contributed by atoms with Crippen molar-refractivity contribution in [1.82, 2.24) is 4.90 Å². The van der Waals surface area contributed by atoms with Crippen LogP contribution < -0.4 is 4.90 Å². The Bertz CT molecular complexity index is 618. The van der Waals surface area contributed by atoms with Crippen LogP contribution in [-0.2, 0) is 10.9 Å². The van der Waals surface area contributed by atoms with Gasteiger partial charge in [-0.2, -0.15) is 13.2 Å². The molecule has 0 spiro atoms. The van der Waals surface area contributed by atoms with Crippen molar-refractivity contribution < 1.29 is 22.8 Å². The molecule has 9 heteroatoms. The Morgan fingerprint density at radius 2 is 1.92 bits per heavy atom. The summed E-state index contributed by atoms with van der Waals surface area (Å²) in [6, 6.07) is 3.51. The lowest BCUT2D eigenvalue weighted by molar-refractivity contribution is -0.388. The van der Waals surface area contributed by atoms with Crippen molar-refractivity contribution in [1.29, 1.82) is 0 Å². The molecule has 0 radical (unpaired) electrons. The fraction of sp³-hybridized carbons (Fsp3) is 0.600. The Morgan fingerprint density at radius 3 is 2.54 bits per heavy atom. The molecule has 6 nitrogen and oxygen atoms in total. The van der Waals surface area contributed by atoms with Gasteiger partial charge in [-0.25, -0.2) is 0 Å². The Hall–Kier alpha value is -1.87. The Kier molecular flexibility index (Phi) is 4.64. The number of rotatable bonds is 3. The Balaban J connectivity index is 1.79. The topological polar surface area (TPSA) is 58.9 Å². The van der Waals surface area contributed by atoms with Crippen LogP contribution in [0.5, 0.6) is 0 Å². The molecular formula is C15H18F3N3O3. The first-order valence-electron chi connectivity index (χ1n) is 7.78. The van der Waals surface area contributed by atoms with E-state index < -0.39 is 22.4 Å². The molecule has 2 saturated heterocycles. The van der Waals surface area contributed by atoms with E-state index in [9.17, 15) is 23.3 Å². The number of nitrogens with zero attached hydrogens (tertiary/aromatic N) is 3. The number of alkyl halides is 3. The van der Waals surface area contributed by atoms with Crippen LogP contribution in [0.2, 0.25) is 0 Å². The highest BCUT2D eigenvalue weighted by atomic mass is 19.4. The molecule has 2 aliphatic rings. The van der Waals surface area contributed by atoms with E-state index in [2.05, 4.69) is 4.90 Å². The van der Waals surface area contributed by atoms with Crippen LogP contribution in [-0.4, -0.2) is 55.3 Å². The first-order valence-corrected chi connectivity index (χ1v) is 7.78. The number of nitro benzene ring substituents is 1. The summed E-state index contributed by atoms with van der Waals surface area (Å²) < 4.78 is 44.6. The third kappa shape index (κ3) is 3.46. The zero-order valence-corrected chi connectivity index (χ0v) is 13.0. The number of anilines is 1. The summed E-state index contributed by atoms with van der Waals surface area (Å²) in [5, 5.41) is 10.8. The van der Waals surface area contributed by atoms with Gasteiger partial charge in [0.1, 0.15) is 5.56 Å². The second kappa shape index (κ2) is 6.56. The van der Waals surface area contributed by atoms with E-state index in [1.54, 1.807) is 0 Å². The summed E-state index contributed by atoms with van der Waals surface area (Å²) in [6.45, 7) is 4.25. The molecule has 2 fully saturated rings. The molecule has 3 rings (SSSR count). The first-order chi connectivity index (χ1) is 11.4. The number of halogens is 3. The number of morpholine rings is 1. The van der Waals surface area contributed by atoms with Crippen molar-refractivity contribution in [2.75, 3.05) is 44.3 Å². The molecule has 0 aliphatic carbocycles. The van der Waals surface area contributed by atoms with Gasteiger partial charge < -0.3 is 9.64 Å². The monoisotopic (exact) mass is 345 g/mol. The molecule has 132 valence electrons. The minimum absolute atomic E-state index is 0.276. The van der Waals surface area contributed by atoms with Crippen LogP contribution in [0.1, 0.15) is 12.0 Å². The Morgan fingerprint density at radius 1 is 1.21 bits per heavy atom. The fourth-order valence-corrected chi connectivity index (χ4v) is 3.32. The zero-order valence-electron chi connectivity index (χ0n) is 13.0. The third-order valence-corrected chi connectivity index (χ3v) is 4.57. The lowest BCUT2D eigenvalue weighted by Crippen LogP contribution is -2.44. The summed E-state index contributed by atoms with van der Waals surface area (Å²) >= 11 is 0. The summed E-state index contributed by atoms with van der Waals surface area (Å²) in [5.74, 6) is 0. The molecule has 2 aliphatic heterocycles. The second-order valence-corrected chi connectivity index (χ2v) is 5.99. The summed E-state index contributed by atoms with van der Waals surface area (Å²) in [4.78, 5) is 14.0. The highest BCUT2D eigenvalue weighted by molar-refractivity contribution is 5.57. The first kappa shape index (κ1) is 17.0. The van der Waals surface area contributed by atoms with Crippen molar-refractivity contribution >= 4 is 11.4 Å². The standard InChI is InChI=1S/C15H18F3N3O3/c16-15(17,18)13-9-11(1-2-14(13)21(22)23)20-4-3-12(10-20)19-5-7-24-8-6-19/h1-2,9,12H,3-8,10H2. The summed E-state index contributed by atoms with van der Waals surface area (Å²) in [5.41, 5.74) is -1.72. The lowest BCUT2D eigenvalue weighted by atomic mass is 10.1. The van der Waals surface area contributed by atoms with Gasteiger partial charge >= 0.3 is 6.18 Å². The maximum absolute atomic E-state index is 13.1. The normalized spacial score (nSPS) is 22.8. The molecule has 24 heavy (non-hydrogen) atoms. The quantitative estimate of drug-likeness (QED) is 0.622. The van der Waals surface area contributed by atoms with Gasteiger partial charge in [0.05, 0.1) is 18.1 Å². The van der Waals surface area contributed by atoms with Gasteiger partial charge in [-0.15, -0.1) is 0 Å². The van der Waals surface area contributed by atoms with Crippen LogP contribution in [0, 0.1) is 10.1 Å². The molecule has 0 bridgehead atoms. The molecule has 0 aromatic heterocycles. The van der Waals surface area contributed by atoms with E-state index in [0.29, 0.717) is 32.0 Å². The van der Waals surface area contributed by atoms with E-state index in [1.165, 1.54) is 6.07 Å². The van der Waals surface area contributed by atoms with Crippen molar-refractivity contribution in [2.24, 2.45) is 0 Å². The third-order valence-electron chi connectivity index (χ3n) is 4.57. The molecule has 0 saturated carbocycles. The largest absolute Gasteiger partial charge is 0.423 e. The van der Waals surface area contributed by atoms with Crippen molar-refractivity contribution in [3.8, 4) is 0 Å². The minimum Gasteiger partial charge on any atom is -0.379 e. The van der Waals surface area contributed by atoms with Crippen LogP contribution >= 0.6 is 0 Å². The van der Waals surface area contributed by atoms with Gasteiger partial charge in [0.25, 0.3) is 5.69 Å². The number of ether oxygens (including phenoxy) is 1. The van der Waals surface area contributed by atoms with Crippen LogP contribution in [0.4, 0.5) is 24.5 Å². The van der Waals surface area contributed by atoms with Gasteiger partial charge in [0, 0.05) is 44.0 Å². The summed E-state index contributed by atoms with van der Waals surface area (Å²) in [7, 11) is 0. The van der Waals surface area contributed by atoms with Gasteiger partial charge in [-0.3, -0.25) is 15.0 Å². The predicted molar refractivity (Wildman–Crippen MR) is 81.1 cm³/mol. The van der Waals surface area contributed by atoms with Gasteiger partial charge in [-0.05, 0) is 18.6 Å². The van der Waals surface area contributed by atoms with Gasteiger partial charge in [0.2, 0.25) is 0 Å². The minimum atomic E-state index is -4.75. The molecular weight excluding hydrogens is 327 g/mol. The average Bonchev–Trinajstić information content (AvgIpc) is 3.04. The number of hydrogen-bond donors (Lipinski definition) is 0. The summed E-state index contributed by atoms with van der Waals surface area (Å²) in [6.07, 6.45) is -3.89. The van der Waals surface area contributed by atoms with Crippen LogP contribution in [0.25, 0.3) is 0 Å². The van der Waals surface area contributed by atoms with Crippen molar-refractivity contribution in [2.45, 2.75) is 18.6 Å². The molecule has 2 heterocycles. The van der Waals surface area contributed by atoms with Crippen LogP contribution in [0.3, 0.4) is 0 Å². The van der Waals surface area contributed by atoms with E-state index in [-0.39, 0.29) is 6.04 Å². The number of nitro groups is 1. The smallest absolute Gasteiger partial charge is 0.379 e. The maximum atomic E-state index is 13.1. The Labute approximate surface area is 136 Å². The number of hydrogen-bond acceptors (Lipinski definition) is 5. The average molecular weight is 345 g/mol. The SMILES string of the molecule is O=[N+]([O-])c1ccc(N2CCC(N3CCOCC3)C2)cc1C(F)(F)F. The van der Waals surface area contributed by atoms with E-state index in [4.69, 9.17) is 4.74 Å². The lowest BCUT2D eigenvalue weighted by Gasteiger charge is -2.32. The molecule has 1 aromatic rings. The fourth-order valence-electron chi connectivity index (χ4n) is 3.32. The highest BCUT2D eigenvalue weighted by Gasteiger charge is 2.39. The molecule has 0 N–H and O–H groups in total. The van der Waals surface area contributed by atoms with Gasteiger partial charge in [-0.1, -0.05) is 0 Å². The van der Waals surface area contributed by atoms with Crippen molar-refractivity contribution in [3.05, 3.63) is 33.9 Å². The highest BCUT2D eigenvalue weighted by Crippen LogP contribution is 2.39. The van der Waals surface area contributed by atoms with Crippen molar-refractivity contribution in [3.63, 3.8) is 0 Å². The zero-order chi connectivity index (χ0) is 17.3. The molecule has 1 unspecified atom stereocenters. The molecule has 1 aromatic carbocycles. The predicted octanol–water partition coefficient (Wildman–Crippen LogP) is 2.52. The van der Waals surface area contributed by atoms with Crippen LogP contribution in [0.15, 0.2) is 18.2 Å². The van der Waals surface area contributed by atoms with E-state index >= 15 is 0 Å². The van der Waals surface area contributed by atoms with E-state index in [0.717, 1.165) is 31.6 Å². The molecule has 0 amide bonds. The van der Waals surface area contributed by atoms with Gasteiger partial charge in [0.15, 0.2) is 0 Å². The second-order valence-electron chi connectivity index (χ2n) is 5.99. The van der Waals surface area contributed by atoms with E-state index in [1.807, 2.05) is 4.90 Å². The number of benzene rings is 1.